The van der Waals surface area contributed by atoms with E-state index < -0.39 is 10.0 Å². The Labute approximate surface area is 131 Å². The molecule has 1 amide bonds. The first-order chi connectivity index (χ1) is 9.85. The van der Waals surface area contributed by atoms with Crippen molar-refractivity contribution in [3.8, 4) is 0 Å². The average molecular weight is 369 g/mol. The summed E-state index contributed by atoms with van der Waals surface area (Å²) < 4.78 is 25.8. The molecule has 7 heteroatoms. The molecule has 0 radical (unpaired) electrons. The normalized spacial score (nSPS) is 11.0. The van der Waals surface area contributed by atoms with Gasteiger partial charge in [-0.2, -0.15) is 0 Å². The minimum atomic E-state index is -3.45. The summed E-state index contributed by atoms with van der Waals surface area (Å²) in [5, 5.41) is 2.72. The van der Waals surface area contributed by atoms with Crippen molar-refractivity contribution in [2.45, 2.75) is 0 Å². The van der Waals surface area contributed by atoms with E-state index in [0.717, 1.165) is 10.7 Å². The Morgan fingerprint density at radius 1 is 1.10 bits per heavy atom. The predicted molar refractivity (Wildman–Crippen MR) is 87.0 cm³/mol. The Morgan fingerprint density at radius 2 is 1.81 bits per heavy atom. The lowest BCUT2D eigenvalue weighted by atomic mass is 10.1. The molecule has 0 atom stereocenters. The maximum absolute atomic E-state index is 12.3. The van der Waals surface area contributed by atoms with E-state index in [2.05, 4.69) is 26.0 Å². The molecular weight excluding hydrogens is 356 g/mol. The molecule has 0 aliphatic heterocycles. The largest absolute Gasteiger partial charge is 0.322 e. The highest BCUT2D eigenvalue weighted by atomic mass is 79.9. The summed E-state index contributed by atoms with van der Waals surface area (Å²) in [6.07, 6.45) is 1.04. The van der Waals surface area contributed by atoms with Gasteiger partial charge < -0.3 is 5.32 Å². The van der Waals surface area contributed by atoms with Crippen molar-refractivity contribution in [2.24, 2.45) is 0 Å². The number of benzene rings is 2. The lowest BCUT2D eigenvalue weighted by molar-refractivity contribution is 0.102. The van der Waals surface area contributed by atoms with Crippen molar-refractivity contribution in [2.75, 3.05) is 16.3 Å². The number of sulfonamides is 1. The summed E-state index contributed by atoms with van der Waals surface area (Å²) >= 11 is 3.32. The van der Waals surface area contributed by atoms with Gasteiger partial charge in [-0.1, -0.05) is 34.1 Å². The fraction of sp³-hybridized carbons (Fsp3) is 0.0714. The quantitative estimate of drug-likeness (QED) is 0.870. The molecular formula is C14H13BrN2O3S. The number of para-hydroxylation sites is 1. The maximum atomic E-state index is 12.3. The second-order valence-corrected chi connectivity index (χ2v) is 7.05. The lowest BCUT2D eigenvalue weighted by Gasteiger charge is -2.11. The van der Waals surface area contributed by atoms with Gasteiger partial charge in [0, 0.05) is 10.2 Å². The van der Waals surface area contributed by atoms with Crippen LogP contribution in [0.5, 0.6) is 0 Å². The van der Waals surface area contributed by atoms with Crippen molar-refractivity contribution < 1.29 is 13.2 Å². The van der Waals surface area contributed by atoms with E-state index in [-0.39, 0.29) is 17.2 Å². The number of carbonyl (C=O) groups is 1. The number of hydrogen-bond donors (Lipinski definition) is 2. The highest BCUT2D eigenvalue weighted by Crippen LogP contribution is 2.20. The molecule has 0 aromatic heterocycles. The van der Waals surface area contributed by atoms with Gasteiger partial charge in [0.15, 0.2) is 0 Å². The number of halogens is 1. The van der Waals surface area contributed by atoms with E-state index in [0.29, 0.717) is 5.69 Å². The molecule has 0 bridgehead atoms. The van der Waals surface area contributed by atoms with Gasteiger partial charge in [0.2, 0.25) is 10.0 Å². The lowest BCUT2D eigenvalue weighted by Crippen LogP contribution is -2.17. The zero-order valence-electron chi connectivity index (χ0n) is 11.1. The highest BCUT2D eigenvalue weighted by Gasteiger charge is 2.13. The first kappa shape index (κ1) is 15.5. The van der Waals surface area contributed by atoms with Gasteiger partial charge in [-0.3, -0.25) is 9.52 Å². The molecule has 0 fully saturated rings. The van der Waals surface area contributed by atoms with Crippen LogP contribution in [-0.2, 0) is 10.0 Å². The third-order valence-corrected chi connectivity index (χ3v) is 3.63. The van der Waals surface area contributed by atoms with Crippen LogP contribution in [-0.4, -0.2) is 20.6 Å². The van der Waals surface area contributed by atoms with Crippen molar-refractivity contribution in [1.82, 2.24) is 0 Å². The van der Waals surface area contributed by atoms with Gasteiger partial charge >= 0.3 is 0 Å². The summed E-state index contributed by atoms with van der Waals surface area (Å²) in [4.78, 5) is 12.3. The van der Waals surface area contributed by atoms with Crippen LogP contribution >= 0.6 is 15.9 Å². The molecule has 2 rings (SSSR count). The smallest absolute Gasteiger partial charge is 0.257 e. The molecule has 2 aromatic carbocycles. The molecule has 0 unspecified atom stereocenters. The molecule has 0 aliphatic carbocycles. The van der Waals surface area contributed by atoms with E-state index in [9.17, 15) is 13.2 Å². The fourth-order valence-electron chi connectivity index (χ4n) is 1.73. The van der Waals surface area contributed by atoms with E-state index >= 15 is 0 Å². The molecule has 2 aromatic rings. The predicted octanol–water partition coefficient (Wildman–Crippen LogP) is 3.07. The van der Waals surface area contributed by atoms with Gasteiger partial charge in [-0.15, -0.1) is 0 Å². The third-order valence-electron chi connectivity index (χ3n) is 2.55. The monoisotopic (exact) mass is 368 g/mol. The van der Waals surface area contributed by atoms with Crippen LogP contribution in [0, 0.1) is 0 Å². The molecule has 2 N–H and O–H groups in total. The molecule has 5 nitrogen and oxygen atoms in total. The first-order valence-corrected chi connectivity index (χ1v) is 8.67. The standard InChI is InChI=1S/C14H13BrN2O3S/c1-21(19,20)17-13-8-3-2-7-12(13)14(18)16-11-6-4-5-10(15)9-11/h2-9,17H,1H3,(H,16,18). The number of nitrogens with one attached hydrogen (secondary N) is 2. The zero-order valence-corrected chi connectivity index (χ0v) is 13.5. The molecule has 0 heterocycles. The first-order valence-electron chi connectivity index (χ1n) is 5.99. The molecule has 21 heavy (non-hydrogen) atoms. The summed E-state index contributed by atoms with van der Waals surface area (Å²) in [5.74, 6) is -0.389. The Hall–Kier alpha value is -1.86. The maximum Gasteiger partial charge on any atom is 0.257 e. The molecule has 0 saturated heterocycles. The topological polar surface area (TPSA) is 75.3 Å². The second kappa shape index (κ2) is 6.28. The van der Waals surface area contributed by atoms with Crippen LogP contribution in [0.3, 0.4) is 0 Å². The van der Waals surface area contributed by atoms with Gasteiger partial charge in [0.1, 0.15) is 0 Å². The van der Waals surface area contributed by atoms with Crippen molar-refractivity contribution in [3.63, 3.8) is 0 Å². The van der Waals surface area contributed by atoms with Crippen LogP contribution in [0.1, 0.15) is 10.4 Å². The molecule has 0 spiro atoms. The fourth-order valence-corrected chi connectivity index (χ4v) is 2.71. The molecule has 0 saturated carbocycles. The highest BCUT2D eigenvalue weighted by molar-refractivity contribution is 9.10. The number of rotatable bonds is 4. The van der Waals surface area contributed by atoms with Crippen molar-refractivity contribution in [1.29, 1.82) is 0 Å². The minimum Gasteiger partial charge on any atom is -0.322 e. The number of amides is 1. The Kier molecular flexibility index (Phi) is 4.64. The van der Waals surface area contributed by atoms with Crippen LogP contribution in [0.15, 0.2) is 53.0 Å². The van der Waals surface area contributed by atoms with Gasteiger partial charge in [0.05, 0.1) is 17.5 Å². The minimum absolute atomic E-state index is 0.243. The third kappa shape index (κ3) is 4.57. The SMILES string of the molecule is CS(=O)(=O)Nc1ccccc1C(=O)Nc1cccc(Br)c1. The van der Waals surface area contributed by atoms with Crippen LogP contribution < -0.4 is 10.0 Å². The number of anilines is 2. The summed E-state index contributed by atoms with van der Waals surface area (Å²) in [5.41, 5.74) is 1.11. The van der Waals surface area contributed by atoms with Gasteiger partial charge in [-0.05, 0) is 30.3 Å². The van der Waals surface area contributed by atoms with Crippen LogP contribution in [0.4, 0.5) is 11.4 Å². The zero-order chi connectivity index (χ0) is 15.5. The molecule has 0 aliphatic rings. The number of hydrogen-bond acceptors (Lipinski definition) is 3. The Balaban J connectivity index is 2.27. The Morgan fingerprint density at radius 3 is 2.48 bits per heavy atom. The van der Waals surface area contributed by atoms with Gasteiger partial charge in [-0.25, -0.2) is 8.42 Å². The van der Waals surface area contributed by atoms with Crippen molar-refractivity contribution >= 4 is 43.2 Å². The average Bonchev–Trinajstić information content (AvgIpc) is 2.37. The second-order valence-electron chi connectivity index (χ2n) is 4.38. The van der Waals surface area contributed by atoms with E-state index in [4.69, 9.17) is 0 Å². The van der Waals surface area contributed by atoms with Crippen LogP contribution in [0.2, 0.25) is 0 Å². The summed E-state index contributed by atoms with van der Waals surface area (Å²) in [6.45, 7) is 0. The summed E-state index contributed by atoms with van der Waals surface area (Å²) in [7, 11) is -3.45. The van der Waals surface area contributed by atoms with Gasteiger partial charge in [0.25, 0.3) is 5.91 Å². The van der Waals surface area contributed by atoms with E-state index in [1.54, 1.807) is 36.4 Å². The Bertz CT molecular complexity index is 775. The van der Waals surface area contributed by atoms with E-state index in [1.807, 2.05) is 6.07 Å². The summed E-state index contributed by atoms with van der Waals surface area (Å²) in [6, 6.07) is 13.6. The number of carbonyl (C=O) groups excluding carboxylic acids is 1. The van der Waals surface area contributed by atoms with Crippen molar-refractivity contribution in [3.05, 3.63) is 58.6 Å². The molecule has 110 valence electrons. The van der Waals surface area contributed by atoms with Crippen LogP contribution in [0.25, 0.3) is 0 Å². The van der Waals surface area contributed by atoms with E-state index in [1.165, 1.54) is 6.07 Å².